The van der Waals surface area contributed by atoms with Gasteiger partial charge in [-0.05, 0) is 51.0 Å². The molecule has 6 nitrogen and oxygen atoms in total. The Bertz CT molecular complexity index is 439. The van der Waals surface area contributed by atoms with Crippen LogP contribution in [0.1, 0.15) is 46.0 Å². The molecule has 24 heavy (non-hydrogen) atoms. The fraction of sp³-hybridized carbons (Fsp3) is 0.889. The van der Waals surface area contributed by atoms with Crippen LogP contribution in [0.15, 0.2) is 4.99 Å². The topological polar surface area (TPSA) is 74.0 Å². The number of nitrogens with zero attached hydrogens (tertiary/aromatic N) is 3. The second-order valence-electron chi connectivity index (χ2n) is 7.64. The molecule has 2 aliphatic rings. The standard InChI is InChI=1S/C18H35N5O/c1-14-6-4-8-22(12-14)15(2)11-21-18(20-3)23-9-5-7-16(13-23)10-17(19)24/h14-16H,4-13H2,1-3H3,(H2,19,24)(H,20,21). The molecular formula is C18H35N5O. The maximum atomic E-state index is 11.2. The van der Waals surface area contributed by atoms with Crippen LogP contribution in [-0.4, -0.2) is 67.5 Å². The average Bonchev–Trinajstić information content (AvgIpc) is 2.55. The van der Waals surface area contributed by atoms with Gasteiger partial charge in [-0.25, -0.2) is 0 Å². The largest absolute Gasteiger partial charge is 0.370 e. The van der Waals surface area contributed by atoms with Crippen molar-refractivity contribution in [3.8, 4) is 0 Å². The first-order chi connectivity index (χ1) is 11.5. The summed E-state index contributed by atoms with van der Waals surface area (Å²) in [4.78, 5) is 20.5. The molecule has 0 aromatic rings. The molecule has 0 aromatic heterocycles. The minimum Gasteiger partial charge on any atom is -0.370 e. The number of aliphatic imine (C=N–C) groups is 1. The highest BCUT2D eigenvalue weighted by Crippen LogP contribution is 2.20. The maximum Gasteiger partial charge on any atom is 0.217 e. The number of guanidine groups is 1. The molecule has 2 rings (SSSR count). The van der Waals surface area contributed by atoms with E-state index in [1.807, 2.05) is 7.05 Å². The Hall–Kier alpha value is -1.30. The van der Waals surface area contributed by atoms with Gasteiger partial charge in [-0.15, -0.1) is 0 Å². The highest BCUT2D eigenvalue weighted by molar-refractivity contribution is 5.80. The van der Waals surface area contributed by atoms with Gasteiger partial charge in [0.2, 0.25) is 5.91 Å². The third-order valence-electron chi connectivity index (χ3n) is 5.39. The first kappa shape index (κ1) is 19.0. The predicted octanol–water partition coefficient (Wildman–Crippen LogP) is 1.27. The normalized spacial score (nSPS) is 27.8. The van der Waals surface area contributed by atoms with E-state index in [2.05, 4.69) is 34.0 Å². The van der Waals surface area contributed by atoms with Crippen LogP contribution in [0.3, 0.4) is 0 Å². The number of amides is 1. The Morgan fingerprint density at radius 3 is 2.71 bits per heavy atom. The van der Waals surface area contributed by atoms with Gasteiger partial charge in [0.1, 0.15) is 0 Å². The second kappa shape index (κ2) is 9.25. The highest BCUT2D eigenvalue weighted by Gasteiger charge is 2.25. The van der Waals surface area contributed by atoms with Gasteiger partial charge >= 0.3 is 0 Å². The minimum atomic E-state index is -0.197. The molecule has 2 aliphatic heterocycles. The lowest BCUT2D eigenvalue weighted by Gasteiger charge is -2.38. The third-order valence-corrected chi connectivity index (χ3v) is 5.39. The van der Waals surface area contributed by atoms with Crippen molar-refractivity contribution in [2.75, 3.05) is 39.8 Å². The highest BCUT2D eigenvalue weighted by atomic mass is 16.1. The van der Waals surface area contributed by atoms with Crippen LogP contribution in [0.4, 0.5) is 0 Å². The van der Waals surface area contributed by atoms with Crippen LogP contribution in [0, 0.1) is 11.8 Å². The molecule has 138 valence electrons. The molecule has 0 saturated carbocycles. The Morgan fingerprint density at radius 1 is 1.29 bits per heavy atom. The average molecular weight is 338 g/mol. The number of piperidine rings is 2. The number of rotatable bonds is 5. The maximum absolute atomic E-state index is 11.2. The van der Waals surface area contributed by atoms with E-state index in [0.29, 0.717) is 18.4 Å². The van der Waals surface area contributed by atoms with E-state index in [4.69, 9.17) is 5.73 Å². The number of nitrogens with one attached hydrogen (secondary N) is 1. The molecule has 0 spiro atoms. The lowest BCUT2D eigenvalue weighted by Crippen LogP contribution is -2.51. The number of carbonyl (C=O) groups is 1. The second-order valence-corrected chi connectivity index (χ2v) is 7.64. The van der Waals surface area contributed by atoms with E-state index < -0.39 is 0 Å². The summed E-state index contributed by atoms with van der Waals surface area (Å²) in [5.74, 6) is 1.92. The summed E-state index contributed by atoms with van der Waals surface area (Å²) in [6, 6.07) is 0.510. The summed E-state index contributed by atoms with van der Waals surface area (Å²) in [5.41, 5.74) is 5.36. The molecule has 0 bridgehead atoms. The first-order valence-corrected chi connectivity index (χ1v) is 9.47. The van der Waals surface area contributed by atoms with Crippen LogP contribution in [-0.2, 0) is 4.79 Å². The number of carbonyl (C=O) groups excluding carboxylic acids is 1. The van der Waals surface area contributed by atoms with Crippen LogP contribution in [0.5, 0.6) is 0 Å². The Labute approximate surface area is 146 Å². The zero-order chi connectivity index (χ0) is 17.5. The fourth-order valence-corrected chi connectivity index (χ4v) is 4.04. The van der Waals surface area contributed by atoms with Gasteiger partial charge in [0, 0.05) is 45.7 Å². The van der Waals surface area contributed by atoms with E-state index in [0.717, 1.165) is 44.4 Å². The molecule has 0 radical (unpaired) electrons. The van der Waals surface area contributed by atoms with Gasteiger partial charge in [-0.3, -0.25) is 14.7 Å². The van der Waals surface area contributed by atoms with Crippen molar-refractivity contribution in [1.82, 2.24) is 15.1 Å². The van der Waals surface area contributed by atoms with E-state index in [1.165, 1.54) is 25.9 Å². The van der Waals surface area contributed by atoms with Crippen molar-refractivity contribution in [2.24, 2.45) is 22.6 Å². The number of primary amides is 1. The van der Waals surface area contributed by atoms with Gasteiger partial charge in [0.15, 0.2) is 5.96 Å². The van der Waals surface area contributed by atoms with Gasteiger partial charge in [0.05, 0.1) is 0 Å². The zero-order valence-corrected chi connectivity index (χ0v) is 15.6. The Kier molecular flexibility index (Phi) is 7.34. The van der Waals surface area contributed by atoms with Crippen molar-refractivity contribution in [3.05, 3.63) is 0 Å². The van der Waals surface area contributed by atoms with Gasteiger partial charge < -0.3 is 16.0 Å². The van der Waals surface area contributed by atoms with Crippen LogP contribution in [0.2, 0.25) is 0 Å². The van der Waals surface area contributed by atoms with E-state index >= 15 is 0 Å². The smallest absolute Gasteiger partial charge is 0.217 e. The van der Waals surface area contributed by atoms with Gasteiger partial charge in [-0.2, -0.15) is 0 Å². The van der Waals surface area contributed by atoms with Crippen LogP contribution < -0.4 is 11.1 Å². The number of likely N-dealkylation sites (tertiary alicyclic amines) is 2. The molecule has 2 heterocycles. The predicted molar refractivity (Wildman–Crippen MR) is 98.9 cm³/mol. The van der Waals surface area contributed by atoms with Crippen molar-refractivity contribution in [2.45, 2.75) is 52.0 Å². The lowest BCUT2D eigenvalue weighted by molar-refractivity contribution is -0.119. The summed E-state index contributed by atoms with van der Waals surface area (Å²) in [6.45, 7) is 9.84. The van der Waals surface area contributed by atoms with E-state index in [-0.39, 0.29) is 5.91 Å². The van der Waals surface area contributed by atoms with Crippen molar-refractivity contribution in [1.29, 1.82) is 0 Å². The SMILES string of the molecule is CN=C(NCC(C)N1CCCC(C)C1)N1CCCC(CC(N)=O)C1. The molecule has 3 N–H and O–H groups in total. The van der Waals surface area contributed by atoms with Crippen molar-refractivity contribution in [3.63, 3.8) is 0 Å². The number of hydrogen-bond donors (Lipinski definition) is 2. The van der Waals surface area contributed by atoms with Crippen molar-refractivity contribution < 1.29 is 4.79 Å². The number of hydrogen-bond acceptors (Lipinski definition) is 3. The third kappa shape index (κ3) is 5.65. The molecular weight excluding hydrogens is 302 g/mol. The monoisotopic (exact) mass is 337 g/mol. The molecule has 0 aliphatic carbocycles. The lowest BCUT2D eigenvalue weighted by atomic mass is 9.95. The molecule has 2 fully saturated rings. The quantitative estimate of drug-likeness (QED) is 0.585. The summed E-state index contributed by atoms with van der Waals surface area (Å²) in [6.07, 6.45) is 5.32. The summed E-state index contributed by atoms with van der Waals surface area (Å²) in [5, 5.41) is 3.54. The minimum absolute atomic E-state index is 0.197. The zero-order valence-electron chi connectivity index (χ0n) is 15.6. The fourth-order valence-electron chi connectivity index (χ4n) is 4.04. The summed E-state index contributed by atoms with van der Waals surface area (Å²) in [7, 11) is 1.84. The summed E-state index contributed by atoms with van der Waals surface area (Å²) < 4.78 is 0. The number of nitrogens with two attached hydrogens (primary N) is 1. The Morgan fingerprint density at radius 2 is 2.04 bits per heavy atom. The molecule has 6 heteroatoms. The van der Waals surface area contributed by atoms with Crippen LogP contribution >= 0.6 is 0 Å². The van der Waals surface area contributed by atoms with Gasteiger partial charge in [0.25, 0.3) is 0 Å². The molecule has 3 atom stereocenters. The van der Waals surface area contributed by atoms with Gasteiger partial charge in [-0.1, -0.05) is 6.92 Å². The first-order valence-electron chi connectivity index (χ1n) is 9.47. The molecule has 1 amide bonds. The van der Waals surface area contributed by atoms with E-state index in [1.54, 1.807) is 0 Å². The van der Waals surface area contributed by atoms with E-state index in [9.17, 15) is 4.79 Å². The Balaban J connectivity index is 1.82. The van der Waals surface area contributed by atoms with Crippen molar-refractivity contribution >= 4 is 11.9 Å². The van der Waals surface area contributed by atoms with Crippen LogP contribution in [0.25, 0.3) is 0 Å². The molecule has 0 aromatic carbocycles. The summed E-state index contributed by atoms with van der Waals surface area (Å²) >= 11 is 0. The molecule has 3 unspecified atom stereocenters. The molecule has 2 saturated heterocycles.